The van der Waals surface area contributed by atoms with E-state index in [2.05, 4.69) is 0 Å². The maximum absolute atomic E-state index is 10.7. The van der Waals surface area contributed by atoms with Crippen LogP contribution in [0.3, 0.4) is 0 Å². The third-order valence-corrected chi connectivity index (χ3v) is 2.80. The maximum atomic E-state index is 10.7. The first kappa shape index (κ1) is 13.5. The Labute approximate surface area is 101 Å². The van der Waals surface area contributed by atoms with E-state index in [1.807, 2.05) is 26.0 Å². The fourth-order valence-corrected chi connectivity index (χ4v) is 2.04. The Kier molecular flexibility index (Phi) is 4.52. The van der Waals surface area contributed by atoms with Gasteiger partial charge in [0.1, 0.15) is 5.75 Å². The second kappa shape index (κ2) is 5.68. The van der Waals surface area contributed by atoms with Gasteiger partial charge >= 0.3 is 5.97 Å². The predicted molar refractivity (Wildman–Crippen MR) is 64.5 cm³/mol. The van der Waals surface area contributed by atoms with Gasteiger partial charge in [-0.3, -0.25) is 4.79 Å². The van der Waals surface area contributed by atoms with Crippen LogP contribution in [0.4, 0.5) is 0 Å². The van der Waals surface area contributed by atoms with E-state index in [4.69, 9.17) is 9.84 Å². The van der Waals surface area contributed by atoms with Gasteiger partial charge in [-0.05, 0) is 30.5 Å². The molecular weight excluding hydrogens is 220 g/mol. The Morgan fingerprint density at radius 3 is 2.24 bits per heavy atom. The van der Waals surface area contributed by atoms with Crippen LogP contribution in [0.25, 0.3) is 0 Å². The topological polar surface area (TPSA) is 66.8 Å². The van der Waals surface area contributed by atoms with Gasteiger partial charge in [0.05, 0.1) is 20.1 Å². The van der Waals surface area contributed by atoms with Gasteiger partial charge in [-0.15, -0.1) is 0 Å². The van der Waals surface area contributed by atoms with Gasteiger partial charge in [0.15, 0.2) is 0 Å². The summed E-state index contributed by atoms with van der Waals surface area (Å²) in [6, 6.07) is 3.74. The molecule has 0 aromatic heterocycles. The van der Waals surface area contributed by atoms with Gasteiger partial charge in [0, 0.05) is 5.92 Å². The van der Waals surface area contributed by atoms with Gasteiger partial charge in [-0.1, -0.05) is 12.1 Å². The molecule has 4 nitrogen and oxygen atoms in total. The molecule has 1 aromatic rings. The molecule has 0 saturated carbocycles. The molecule has 0 spiro atoms. The first-order chi connectivity index (χ1) is 7.99. The van der Waals surface area contributed by atoms with E-state index < -0.39 is 5.97 Å². The fraction of sp³-hybridized carbons (Fsp3) is 0.462. The highest BCUT2D eigenvalue weighted by Crippen LogP contribution is 2.29. The molecule has 17 heavy (non-hydrogen) atoms. The van der Waals surface area contributed by atoms with Crippen LogP contribution >= 0.6 is 0 Å². The second-order valence-corrected chi connectivity index (χ2v) is 4.17. The molecular formula is C13H18O4. The summed E-state index contributed by atoms with van der Waals surface area (Å²) in [7, 11) is 1.61. The Balaban J connectivity index is 3.09. The average molecular weight is 238 g/mol. The molecule has 0 bridgehead atoms. The van der Waals surface area contributed by atoms with Crippen molar-refractivity contribution < 1.29 is 19.7 Å². The molecule has 1 atom stereocenters. The van der Waals surface area contributed by atoms with Crippen molar-refractivity contribution in [3.8, 4) is 5.75 Å². The molecule has 0 saturated heterocycles. The van der Waals surface area contributed by atoms with E-state index in [-0.39, 0.29) is 18.9 Å². The first-order valence-corrected chi connectivity index (χ1v) is 5.47. The van der Waals surface area contributed by atoms with Crippen LogP contribution in [0, 0.1) is 13.8 Å². The normalized spacial score (nSPS) is 12.2. The van der Waals surface area contributed by atoms with E-state index in [0.29, 0.717) is 0 Å². The zero-order valence-corrected chi connectivity index (χ0v) is 10.4. The van der Waals surface area contributed by atoms with Gasteiger partial charge in [0.25, 0.3) is 0 Å². The average Bonchev–Trinajstić information content (AvgIpc) is 2.25. The van der Waals surface area contributed by atoms with E-state index in [1.165, 1.54) is 0 Å². The molecule has 0 aliphatic carbocycles. The van der Waals surface area contributed by atoms with Crippen molar-refractivity contribution in [3.05, 3.63) is 28.8 Å². The van der Waals surface area contributed by atoms with Gasteiger partial charge in [-0.25, -0.2) is 0 Å². The molecule has 4 heteroatoms. The molecule has 0 aliphatic rings. The van der Waals surface area contributed by atoms with Crippen molar-refractivity contribution in [2.45, 2.75) is 26.2 Å². The number of aliphatic hydroxyl groups is 1. The van der Waals surface area contributed by atoms with Crippen LogP contribution < -0.4 is 4.74 Å². The molecule has 0 fully saturated rings. The fourth-order valence-electron chi connectivity index (χ4n) is 2.04. The number of benzene rings is 1. The van der Waals surface area contributed by atoms with Crippen molar-refractivity contribution in [2.24, 2.45) is 0 Å². The minimum absolute atomic E-state index is 0.0677. The lowest BCUT2D eigenvalue weighted by Gasteiger charge is -2.16. The van der Waals surface area contributed by atoms with Gasteiger partial charge in [-0.2, -0.15) is 0 Å². The van der Waals surface area contributed by atoms with Crippen LogP contribution in [-0.4, -0.2) is 29.9 Å². The number of carbonyl (C=O) groups is 1. The highest BCUT2D eigenvalue weighted by molar-refractivity contribution is 5.68. The number of ether oxygens (including phenoxy) is 1. The van der Waals surface area contributed by atoms with Crippen molar-refractivity contribution in [1.29, 1.82) is 0 Å². The number of hydrogen-bond acceptors (Lipinski definition) is 3. The number of carboxylic acids is 1. The van der Waals surface area contributed by atoms with E-state index >= 15 is 0 Å². The smallest absolute Gasteiger partial charge is 0.304 e. The molecule has 1 aromatic carbocycles. The summed E-state index contributed by atoms with van der Waals surface area (Å²) in [6.07, 6.45) is -0.0677. The van der Waals surface area contributed by atoms with E-state index in [9.17, 15) is 9.90 Å². The summed E-state index contributed by atoms with van der Waals surface area (Å²) in [6.45, 7) is 3.65. The highest BCUT2D eigenvalue weighted by Gasteiger charge is 2.16. The standard InChI is InChI=1S/C13H18O4/c1-8-4-10(5-9(2)13(8)17-3)11(7-14)6-12(15)16/h4-5,11,14H,6-7H2,1-3H3,(H,15,16). The summed E-state index contributed by atoms with van der Waals surface area (Å²) >= 11 is 0. The number of aliphatic hydroxyl groups excluding tert-OH is 1. The number of carboxylic acid groups (broad SMARTS) is 1. The number of hydrogen-bond donors (Lipinski definition) is 2. The van der Waals surface area contributed by atoms with Crippen LogP contribution in [0.5, 0.6) is 5.75 Å². The zero-order chi connectivity index (χ0) is 13.0. The monoisotopic (exact) mass is 238 g/mol. The minimum Gasteiger partial charge on any atom is -0.496 e. The Hall–Kier alpha value is -1.55. The van der Waals surface area contributed by atoms with Crippen LogP contribution in [0.1, 0.15) is 29.0 Å². The molecule has 1 unspecified atom stereocenters. The van der Waals surface area contributed by atoms with E-state index in [1.54, 1.807) is 7.11 Å². The summed E-state index contributed by atoms with van der Waals surface area (Å²) in [5.41, 5.74) is 2.74. The predicted octanol–water partition coefficient (Wildman–Crippen LogP) is 1.86. The summed E-state index contributed by atoms with van der Waals surface area (Å²) in [5, 5.41) is 18.0. The van der Waals surface area contributed by atoms with Crippen molar-refractivity contribution in [3.63, 3.8) is 0 Å². The summed E-state index contributed by atoms with van der Waals surface area (Å²) < 4.78 is 5.25. The minimum atomic E-state index is -0.907. The number of aliphatic carboxylic acids is 1. The lowest BCUT2D eigenvalue weighted by Crippen LogP contribution is -2.11. The number of rotatable bonds is 5. The quantitative estimate of drug-likeness (QED) is 0.821. The maximum Gasteiger partial charge on any atom is 0.304 e. The van der Waals surface area contributed by atoms with Crippen molar-refractivity contribution >= 4 is 5.97 Å². The number of aryl methyl sites for hydroxylation is 2. The Bertz CT molecular complexity index is 389. The molecule has 0 amide bonds. The van der Waals surface area contributed by atoms with Crippen molar-refractivity contribution in [2.75, 3.05) is 13.7 Å². The van der Waals surface area contributed by atoms with Gasteiger partial charge in [0.2, 0.25) is 0 Å². The summed E-state index contributed by atoms with van der Waals surface area (Å²) in [4.78, 5) is 10.7. The van der Waals surface area contributed by atoms with Crippen LogP contribution in [-0.2, 0) is 4.79 Å². The Morgan fingerprint density at radius 2 is 1.88 bits per heavy atom. The molecule has 94 valence electrons. The van der Waals surface area contributed by atoms with Crippen LogP contribution in [0.2, 0.25) is 0 Å². The Morgan fingerprint density at radius 1 is 1.35 bits per heavy atom. The lowest BCUT2D eigenvalue weighted by atomic mass is 9.93. The third kappa shape index (κ3) is 3.20. The molecule has 0 aliphatic heterocycles. The first-order valence-electron chi connectivity index (χ1n) is 5.47. The zero-order valence-electron chi connectivity index (χ0n) is 10.4. The molecule has 0 heterocycles. The molecule has 2 N–H and O–H groups in total. The second-order valence-electron chi connectivity index (χ2n) is 4.17. The SMILES string of the molecule is COc1c(C)cc(C(CO)CC(=O)O)cc1C. The van der Waals surface area contributed by atoms with Gasteiger partial charge < -0.3 is 14.9 Å². The number of methoxy groups -OCH3 is 1. The molecule has 1 rings (SSSR count). The lowest BCUT2D eigenvalue weighted by molar-refractivity contribution is -0.137. The largest absolute Gasteiger partial charge is 0.496 e. The third-order valence-electron chi connectivity index (χ3n) is 2.80. The van der Waals surface area contributed by atoms with Crippen molar-refractivity contribution in [1.82, 2.24) is 0 Å². The highest BCUT2D eigenvalue weighted by atomic mass is 16.5. The van der Waals surface area contributed by atoms with Crippen LogP contribution in [0.15, 0.2) is 12.1 Å². The molecule has 0 radical (unpaired) electrons. The van der Waals surface area contributed by atoms with E-state index in [0.717, 1.165) is 22.4 Å². The summed E-state index contributed by atoms with van der Waals surface area (Å²) in [5.74, 6) is -0.466.